The lowest BCUT2D eigenvalue weighted by molar-refractivity contribution is 0.626. The summed E-state index contributed by atoms with van der Waals surface area (Å²) in [5, 5.41) is 0. The number of thiocarbonyl (C=S) groups is 1. The van der Waals surface area contributed by atoms with Crippen molar-refractivity contribution in [1.82, 2.24) is 0 Å². The van der Waals surface area contributed by atoms with Crippen LogP contribution in [-0.2, 0) is 0 Å². The van der Waals surface area contributed by atoms with Crippen molar-refractivity contribution in [2.45, 2.75) is 12.8 Å². The minimum Gasteiger partial charge on any atom is -0.393 e. The first kappa shape index (κ1) is 15.4. The first-order chi connectivity index (χ1) is 10.1. The molecule has 0 saturated heterocycles. The van der Waals surface area contributed by atoms with Crippen LogP contribution in [0.2, 0.25) is 0 Å². The van der Waals surface area contributed by atoms with E-state index in [-0.39, 0.29) is 11.7 Å². The molecule has 1 atom stereocenters. The third kappa shape index (κ3) is 4.02. The van der Waals surface area contributed by atoms with Crippen molar-refractivity contribution >= 4 is 22.9 Å². The summed E-state index contributed by atoms with van der Waals surface area (Å²) >= 11 is 5.22. The van der Waals surface area contributed by atoms with Crippen molar-refractivity contribution in [1.29, 1.82) is 0 Å². The van der Waals surface area contributed by atoms with E-state index in [9.17, 15) is 4.39 Å². The normalized spacial score (nSPS) is 11.9. The van der Waals surface area contributed by atoms with Gasteiger partial charge in [0.2, 0.25) is 0 Å². The molecule has 0 radical (unpaired) electrons. The van der Waals surface area contributed by atoms with Gasteiger partial charge in [-0.2, -0.15) is 0 Å². The molecule has 0 heterocycles. The summed E-state index contributed by atoms with van der Waals surface area (Å²) < 4.78 is 13.4. The highest BCUT2D eigenvalue weighted by atomic mass is 32.1. The molecule has 2 aromatic carbocycles. The fourth-order valence-corrected chi connectivity index (χ4v) is 2.57. The first-order valence-electron chi connectivity index (χ1n) is 6.96. The second kappa shape index (κ2) is 7.18. The monoisotopic (exact) mass is 302 g/mol. The predicted molar refractivity (Wildman–Crippen MR) is 90.3 cm³/mol. The Morgan fingerprint density at radius 2 is 1.90 bits per heavy atom. The fourth-order valence-electron chi connectivity index (χ4n) is 2.36. The summed E-state index contributed by atoms with van der Waals surface area (Å²) in [5.74, 6) is -0.290. The third-order valence-electron chi connectivity index (χ3n) is 3.50. The summed E-state index contributed by atoms with van der Waals surface area (Å²) in [6.07, 6.45) is 0. The molecule has 2 N–H and O–H groups in total. The SMILES string of the molecule is CCN(CC(C(N)=S)c1ccccc1)c1cccc(F)c1. The number of likely N-dealkylation sites (N-methyl/N-ethyl adjacent to an activating group) is 1. The summed E-state index contributed by atoms with van der Waals surface area (Å²) in [5.41, 5.74) is 7.84. The summed E-state index contributed by atoms with van der Waals surface area (Å²) in [4.78, 5) is 2.54. The van der Waals surface area contributed by atoms with E-state index in [4.69, 9.17) is 18.0 Å². The quantitative estimate of drug-likeness (QED) is 0.825. The predicted octanol–water partition coefficient (Wildman–Crippen LogP) is 3.72. The molecular weight excluding hydrogens is 283 g/mol. The van der Waals surface area contributed by atoms with Crippen LogP contribution in [0.4, 0.5) is 10.1 Å². The van der Waals surface area contributed by atoms with Gasteiger partial charge in [-0.1, -0.05) is 48.6 Å². The highest BCUT2D eigenvalue weighted by molar-refractivity contribution is 7.80. The summed E-state index contributed by atoms with van der Waals surface area (Å²) in [6.45, 7) is 3.43. The van der Waals surface area contributed by atoms with E-state index in [2.05, 4.69) is 4.90 Å². The van der Waals surface area contributed by atoms with Crippen molar-refractivity contribution in [3.8, 4) is 0 Å². The molecule has 2 rings (SSSR count). The lowest BCUT2D eigenvalue weighted by atomic mass is 9.98. The van der Waals surface area contributed by atoms with Gasteiger partial charge in [-0.25, -0.2) is 4.39 Å². The van der Waals surface area contributed by atoms with E-state index >= 15 is 0 Å². The highest BCUT2D eigenvalue weighted by Crippen LogP contribution is 2.22. The maximum atomic E-state index is 13.4. The molecule has 0 aliphatic rings. The van der Waals surface area contributed by atoms with Gasteiger partial charge in [0.25, 0.3) is 0 Å². The Morgan fingerprint density at radius 1 is 1.19 bits per heavy atom. The van der Waals surface area contributed by atoms with Crippen molar-refractivity contribution in [3.63, 3.8) is 0 Å². The Hall–Kier alpha value is -1.94. The maximum absolute atomic E-state index is 13.4. The molecule has 1 unspecified atom stereocenters. The molecule has 0 aromatic heterocycles. The largest absolute Gasteiger partial charge is 0.393 e. The lowest BCUT2D eigenvalue weighted by Gasteiger charge is -2.28. The van der Waals surface area contributed by atoms with Crippen molar-refractivity contribution in [3.05, 3.63) is 66.0 Å². The fraction of sp³-hybridized carbons (Fsp3) is 0.235. The number of nitrogens with zero attached hydrogens (tertiary/aromatic N) is 1. The minimum absolute atomic E-state index is 0.0515. The van der Waals surface area contributed by atoms with Crippen LogP contribution < -0.4 is 10.6 Å². The standard InChI is InChI=1S/C17H19FN2S/c1-2-20(15-10-6-9-14(18)11-15)12-16(17(19)21)13-7-4-3-5-8-13/h3-11,16H,2,12H2,1H3,(H2,19,21). The number of halogens is 1. The van der Waals surface area contributed by atoms with Crippen LogP contribution in [0.25, 0.3) is 0 Å². The van der Waals surface area contributed by atoms with Crippen LogP contribution in [0, 0.1) is 5.82 Å². The molecule has 0 fully saturated rings. The molecule has 0 saturated carbocycles. The van der Waals surface area contributed by atoms with Crippen molar-refractivity contribution in [2.24, 2.45) is 5.73 Å². The van der Waals surface area contributed by atoms with Gasteiger partial charge in [0.15, 0.2) is 0 Å². The van der Waals surface area contributed by atoms with E-state index in [1.807, 2.05) is 43.3 Å². The number of hydrogen-bond acceptors (Lipinski definition) is 2. The van der Waals surface area contributed by atoms with Crippen LogP contribution in [0.3, 0.4) is 0 Å². The van der Waals surface area contributed by atoms with Crippen LogP contribution in [-0.4, -0.2) is 18.1 Å². The average molecular weight is 302 g/mol. The molecule has 4 heteroatoms. The Bertz CT molecular complexity index is 601. The Labute approximate surface area is 130 Å². The zero-order valence-electron chi connectivity index (χ0n) is 12.0. The van der Waals surface area contributed by atoms with Crippen molar-refractivity contribution < 1.29 is 4.39 Å². The Balaban J connectivity index is 2.24. The second-order valence-corrected chi connectivity index (χ2v) is 5.36. The third-order valence-corrected chi connectivity index (χ3v) is 3.79. The van der Waals surface area contributed by atoms with Gasteiger partial charge in [-0.3, -0.25) is 0 Å². The lowest BCUT2D eigenvalue weighted by Crippen LogP contribution is -2.34. The number of hydrogen-bond donors (Lipinski definition) is 1. The molecule has 2 nitrogen and oxygen atoms in total. The highest BCUT2D eigenvalue weighted by Gasteiger charge is 2.18. The molecule has 0 spiro atoms. The van der Waals surface area contributed by atoms with E-state index in [1.54, 1.807) is 6.07 Å². The Morgan fingerprint density at radius 3 is 2.48 bits per heavy atom. The maximum Gasteiger partial charge on any atom is 0.125 e. The van der Waals surface area contributed by atoms with Crippen LogP contribution in [0.1, 0.15) is 18.4 Å². The zero-order valence-corrected chi connectivity index (χ0v) is 12.8. The van der Waals surface area contributed by atoms with Crippen LogP contribution >= 0.6 is 12.2 Å². The van der Waals surface area contributed by atoms with Crippen molar-refractivity contribution in [2.75, 3.05) is 18.0 Å². The summed E-state index contributed by atoms with van der Waals surface area (Å²) in [7, 11) is 0. The van der Waals surface area contributed by atoms with E-state index in [1.165, 1.54) is 12.1 Å². The van der Waals surface area contributed by atoms with Gasteiger partial charge >= 0.3 is 0 Å². The van der Waals surface area contributed by atoms with Gasteiger partial charge in [0.05, 0.1) is 10.9 Å². The number of anilines is 1. The van der Waals surface area contributed by atoms with E-state index in [0.29, 0.717) is 11.5 Å². The molecule has 21 heavy (non-hydrogen) atoms. The van der Waals surface area contributed by atoms with Gasteiger partial charge in [-0.15, -0.1) is 0 Å². The number of benzene rings is 2. The smallest absolute Gasteiger partial charge is 0.125 e. The second-order valence-electron chi connectivity index (χ2n) is 4.88. The van der Waals surface area contributed by atoms with E-state index in [0.717, 1.165) is 17.8 Å². The zero-order chi connectivity index (χ0) is 15.2. The average Bonchev–Trinajstić information content (AvgIpc) is 2.49. The Kier molecular flexibility index (Phi) is 5.28. The first-order valence-corrected chi connectivity index (χ1v) is 7.37. The molecule has 110 valence electrons. The van der Waals surface area contributed by atoms with Gasteiger partial charge in [0.1, 0.15) is 5.82 Å². The van der Waals surface area contributed by atoms with Gasteiger partial charge < -0.3 is 10.6 Å². The molecule has 0 bridgehead atoms. The minimum atomic E-state index is -0.238. The van der Waals surface area contributed by atoms with Gasteiger partial charge in [0, 0.05) is 18.8 Å². The number of rotatable bonds is 6. The van der Waals surface area contributed by atoms with E-state index < -0.39 is 0 Å². The molecular formula is C17H19FN2S. The van der Waals surface area contributed by atoms with Crippen LogP contribution in [0.15, 0.2) is 54.6 Å². The molecule has 2 aromatic rings. The topological polar surface area (TPSA) is 29.3 Å². The summed E-state index contributed by atoms with van der Waals surface area (Å²) in [6, 6.07) is 16.5. The molecule has 0 aliphatic heterocycles. The van der Waals surface area contributed by atoms with Crippen LogP contribution in [0.5, 0.6) is 0 Å². The number of nitrogens with two attached hydrogens (primary N) is 1. The van der Waals surface area contributed by atoms with Gasteiger partial charge in [-0.05, 0) is 30.7 Å². The molecule has 0 amide bonds. The molecule has 0 aliphatic carbocycles.